The fraction of sp³-hybridized carbons (Fsp3) is 0.647. The van der Waals surface area contributed by atoms with Crippen molar-refractivity contribution in [2.45, 2.75) is 43.2 Å². The van der Waals surface area contributed by atoms with Crippen molar-refractivity contribution in [1.29, 1.82) is 0 Å². The molecule has 5 atom stereocenters. The average Bonchev–Trinajstić information content (AvgIpc) is 3.14. The molecule has 148 valence electrons. The van der Waals surface area contributed by atoms with Gasteiger partial charge in [0.1, 0.15) is 17.6 Å². The number of thioether (sulfide) groups is 1. The van der Waals surface area contributed by atoms with Gasteiger partial charge < -0.3 is 25.3 Å². The highest BCUT2D eigenvalue weighted by Gasteiger charge is 2.57. The Labute approximate surface area is 161 Å². The molecule has 3 aliphatic rings. The van der Waals surface area contributed by atoms with E-state index in [1.54, 1.807) is 14.0 Å². The predicted octanol–water partition coefficient (Wildman–Crippen LogP) is -0.526. The molecule has 1 unspecified atom stereocenters. The molecule has 2 amide bonds. The number of carbonyl (C=O) groups is 3. The fourth-order valence-electron chi connectivity index (χ4n) is 3.95. The highest BCUT2D eigenvalue weighted by atomic mass is 32.2. The smallest absolute Gasteiger partial charge is 0.353 e. The molecule has 0 radical (unpaired) electrons. The number of nitrogens with one attached hydrogen (secondary N) is 1. The maximum Gasteiger partial charge on any atom is 0.353 e. The van der Waals surface area contributed by atoms with Gasteiger partial charge in [0.15, 0.2) is 0 Å². The molecule has 0 aliphatic carbocycles. The zero-order valence-corrected chi connectivity index (χ0v) is 16.5. The van der Waals surface area contributed by atoms with Crippen LogP contribution in [0, 0.1) is 5.92 Å². The molecule has 0 saturated carbocycles. The van der Waals surface area contributed by atoms with Crippen LogP contribution < -0.4 is 5.32 Å². The number of aliphatic hydroxyl groups is 1. The molecule has 3 heterocycles. The van der Waals surface area contributed by atoms with Crippen molar-refractivity contribution in [2.24, 2.45) is 10.9 Å². The van der Waals surface area contributed by atoms with Crippen LogP contribution in [-0.2, 0) is 14.4 Å². The van der Waals surface area contributed by atoms with Crippen molar-refractivity contribution < 1.29 is 24.6 Å². The first-order valence-electron chi connectivity index (χ1n) is 8.78. The van der Waals surface area contributed by atoms with Gasteiger partial charge in [-0.2, -0.15) is 0 Å². The van der Waals surface area contributed by atoms with Crippen molar-refractivity contribution in [1.82, 2.24) is 15.1 Å². The molecular weight excluding hydrogens is 372 g/mol. The topological polar surface area (TPSA) is 123 Å². The van der Waals surface area contributed by atoms with E-state index < -0.39 is 24.0 Å². The fourth-order valence-corrected chi connectivity index (χ4v) is 5.51. The molecule has 3 aliphatic heterocycles. The number of carboxylic acid groups (broad SMARTS) is 1. The lowest BCUT2D eigenvalue weighted by molar-refractivity contribution is -0.161. The average molecular weight is 396 g/mol. The molecule has 27 heavy (non-hydrogen) atoms. The maximum absolute atomic E-state index is 12.3. The first-order valence-corrected chi connectivity index (χ1v) is 9.66. The van der Waals surface area contributed by atoms with Gasteiger partial charge >= 0.3 is 5.97 Å². The maximum atomic E-state index is 12.3. The van der Waals surface area contributed by atoms with E-state index >= 15 is 0 Å². The highest BCUT2D eigenvalue weighted by Crippen LogP contribution is 2.49. The van der Waals surface area contributed by atoms with E-state index in [9.17, 15) is 24.6 Å². The van der Waals surface area contributed by atoms with Gasteiger partial charge in [-0.05, 0) is 13.3 Å². The Morgan fingerprint density at radius 3 is 2.59 bits per heavy atom. The Balaban J connectivity index is 1.84. The molecule has 1 saturated heterocycles. The zero-order chi connectivity index (χ0) is 20.0. The molecule has 0 aromatic rings. The number of aliphatic hydroxyl groups excluding tert-OH is 1. The normalized spacial score (nSPS) is 30.6. The number of aliphatic carboxylic acids is 1. The Kier molecular flexibility index (Phi) is 5.22. The third-order valence-electron chi connectivity index (χ3n) is 5.20. The number of carboxylic acids is 1. The summed E-state index contributed by atoms with van der Waals surface area (Å²) in [5, 5.41) is 21.9. The summed E-state index contributed by atoms with van der Waals surface area (Å²) >= 11 is 1.35. The van der Waals surface area contributed by atoms with Crippen LogP contribution >= 0.6 is 11.8 Å². The van der Waals surface area contributed by atoms with E-state index in [4.69, 9.17) is 0 Å². The molecule has 0 bridgehead atoms. The first kappa shape index (κ1) is 19.7. The lowest BCUT2D eigenvalue weighted by atomic mass is 9.83. The van der Waals surface area contributed by atoms with Gasteiger partial charge in [0.25, 0.3) is 0 Å². The summed E-state index contributed by atoms with van der Waals surface area (Å²) in [7, 11) is 5.22. The van der Waals surface area contributed by atoms with Crippen LogP contribution in [0.25, 0.3) is 0 Å². The molecule has 3 rings (SSSR count). The number of carbonyl (C=O) groups excluding carboxylic acids is 2. The molecule has 10 heteroatoms. The second-order valence-electron chi connectivity index (χ2n) is 7.18. The molecule has 3 N–H and O–H groups in total. The number of amides is 2. The third kappa shape index (κ3) is 3.20. The monoisotopic (exact) mass is 396 g/mol. The van der Waals surface area contributed by atoms with E-state index in [0.29, 0.717) is 17.7 Å². The largest absolute Gasteiger partial charge is 0.477 e. The van der Waals surface area contributed by atoms with Crippen LogP contribution in [-0.4, -0.2) is 88.2 Å². The Bertz CT molecular complexity index is 748. The van der Waals surface area contributed by atoms with Gasteiger partial charge in [-0.15, -0.1) is 11.8 Å². The van der Waals surface area contributed by atoms with Crippen molar-refractivity contribution in [3.63, 3.8) is 0 Å². The van der Waals surface area contributed by atoms with E-state index in [1.807, 2.05) is 19.0 Å². The summed E-state index contributed by atoms with van der Waals surface area (Å²) in [5.41, 5.74) is -0.00611. The number of nitrogens with zero attached hydrogens (tertiary/aromatic N) is 3. The second kappa shape index (κ2) is 7.16. The molecule has 0 aromatic heterocycles. The minimum Gasteiger partial charge on any atom is -0.477 e. The van der Waals surface area contributed by atoms with Crippen LogP contribution in [0.2, 0.25) is 0 Å². The molecule has 9 nitrogen and oxygen atoms in total. The van der Waals surface area contributed by atoms with E-state index in [-0.39, 0.29) is 28.8 Å². The van der Waals surface area contributed by atoms with Crippen molar-refractivity contribution in [3.8, 4) is 0 Å². The quantitative estimate of drug-likeness (QED) is 0.534. The number of rotatable bonds is 5. The van der Waals surface area contributed by atoms with Gasteiger partial charge in [-0.25, -0.2) is 4.79 Å². The third-order valence-corrected chi connectivity index (χ3v) is 6.53. The molecule has 0 spiro atoms. The van der Waals surface area contributed by atoms with Crippen LogP contribution in [0.1, 0.15) is 19.8 Å². The number of hydrogen-bond acceptors (Lipinski definition) is 7. The van der Waals surface area contributed by atoms with Crippen LogP contribution in [0.15, 0.2) is 15.6 Å². The van der Waals surface area contributed by atoms with Gasteiger partial charge in [-0.1, -0.05) is 0 Å². The number of amidine groups is 1. The molecule has 0 aromatic carbocycles. The summed E-state index contributed by atoms with van der Waals surface area (Å²) in [4.78, 5) is 44.3. The van der Waals surface area contributed by atoms with E-state index in [0.717, 1.165) is 5.84 Å². The Morgan fingerprint density at radius 2 is 2.07 bits per heavy atom. The predicted molar refractivity (Wildman–Crippen MR) is 100 cm³/mol. The summed E-state index contributed by atoms with van der Waals surface area (Å²) in [6, 6.07) is -0.828. The number of fused-ring (bicyclic) bond motifs is 1. The van der Waals surface area contributed by atoms with Gasteiger partial charge in [0, 0.05) is 32.5 Å². The first-order chi connectivity index (χ1) is 12.7. The summed E-state index contributed by atoms with van der Waals surface area (Å²) < 4.78 is 0. The lowest BCUT2D eigenvalue weighted by Gasteiger charge is -2.44. The number of hydrogen-bond donors (Lipinski definition) is 3. The van der Waals surface area contributed by atoms with E-state index in [1.165, 1.54) is 16.7 Å². The van der Waals surface area contributed by atoms with Crippen LogP contribution in [0.4, 0.5) is 0 Å². The van der Waals surface area contributed by atoms with Crippen molar-refractivity contribution >= 4 is 35.4 Å². The Morgan fingerprint density at radius 1 is 1.41 bits per heavy atom. The molecule has 1 fully saturated rings. The zero-order valence-electron chi connectivity index (χ0n) is 15.7. The standard InChI is InChI=1S/C17H24N4O5S/c1-7(22)12-9-6-10(13(17(25)26)21(9)16(12)24)27-11-5-8(15(23)18-2)19-14(11)20(3)4/h7-9,11-12,22H,5-6H2,1-4H3,(H,18,23)(H,25,26)/t7-,8+,9-,11?,12-/m1/s1. The van der Waals surface area contributed by atoms with E-state index in [2.05, 4.69) is 10.3 Å². The van der Waals surface area contributed by atoms with Crippen LogP contribution in [0.5, 0.6) is 0 Å². The minimum atomic E-state index is -1.15. The number of aliphatic imine (C=N–C) groups is 1. The minimum absolute atomic E-state index is 0.00611. The number of β-lactam (4-membered cyclic amide) rings is 1. The second-order valence-corrected chi connectivity index (χ2v) is 8.47. The number of likely N-dealkylation sites (N-methyl/N-ethyl adjacent to an activating group) is 1. The van der Waals surface area contributed by atoms with Crippen LogP contribution in [0.3, 0.4) is 0 Å². The van der Waals surface area contributed by atoms with Crippen molar-refractivity contribution in [2.75, 3.05) is 21.1 Å². The van der Waals surface area contributed by atoms with Gasteiger partial charge in [0.05, 0.1) is 23.3 Å². The highest BCUT2D eigenvalue weighted by molar-refractivity contribution is 8.04. The molecular formula is C17H24N4O5S. The SMILES string of the molecule is CNC(=O)[C@@H]1CC(SC2=C(C(=O)O)N3C(=O)[C@H]([C@@H](C)O)[C@H]3C2)C(N(C)C)=N1. The summed E-state index contributed by atoms with van der Waals surface area (Å²) in [6.45, 7) is 1.55. The summed E-state index contributed by atoms with van der Waals surface area (Å²) in [6.07, 6.45) is 0.0449. The van der Waals surface area contributed by atoms with Gasteiger partial charge in [-0.3, -0.25) is 14.6 Å². The van der Waals surface area contributed by atoms with Crippen molar-refractivity contribution in [3.05, 3.63) is 10.6 Å². The summed E-state index contributed by atoms with van der Waals surface area (Å²) in [5.74, 6) is -1.52. The van der Waals surface area contributed by atoms with Gasteiger partial charge in [0.2, 0.25) is 11.8 Å². The Hall–Kier alpha value is -2.07. The lowest BCUT2D eigenvalue weighted by Crippen LogP contribution is -2.61.